The molecule has 0 atom stereocenters. The van der Waals surface area contributed by atoms with Crippen LogP contribution in [0.25, 0.3) is 0 Å². The van der Waals surface area contributed by atoms with Crippen molar-refractivity contribution < 1.29 is 32.6 Å². The molecule has 0 aromatic carbocycles. The number of carbonyl (C=O) groups is 2. The summed E-state index contributed by atoms with van der Waals surface area (Å²) in [4.78, 5) is 22.0. The van der Waals surface area contributed by atoms with Gasteiger partial charge in [0.25, 0.3) is 0 Å². The summed E-state index contributed by atoms with van der Waals surface area (Å²) in [5.74, 6) is -1.58. The summed E-state index contributed by atoms with van der Waals surface area (Å²) in [5, 5.41) is 14.0. The van der Waals surface area contributed by atoms with Crippen LogP contribution in [0.15, 0.2) is 18.9 Å². The van der Waals surface area contributed by atoms with Crippen LogP contribution < -0.4 is 5.32 Å². The first-order chi connectivity index (χ1) is 9.23. The average molecular weight is 293 g/mol. The predicted molar refractivity (Wildman–Crippen MR) is 60.4 cm³/mol. The second-order valence-corrected chi connectivity index (χ2v) is 3.52. The number of anilines is 1. The number of amides is 1. The second-order valence-electron chi connectivity index (χ2n) is 3.52. The first-order valence-electron chi connectivity index (χ1n) is 5.15. The molecule has 0 aliphatic carbocycles. The molecule has 110 valence electrons. The Bertz CT molecular complexity index is 524. The molecule has 0 unspecified atom stereocenters. The SMILES string of the molecule is C=CCOC(=O)Nc1cn(CC(F)(F)F)nc1C(=O)O. The van der Waals surface area contributed by atoms with E-state index in [0.29, 0.717) is 4.68 Å². The zero-order valence-corrected chi connectivity index (χ0v) is 9.98. The van der Waals surface area contributed by atoms with Crippen molar-refractivity contribution in [2.24, 2.45) is 0 Å². The lowest BCUT2D eigenvalue weighted by atomic mass is 10.4. The Morgan fingerprint density at radius 3 is 2.70 bits per heavy atom. The number of nitrogens with one attached hydrogen (secondary N) is 1. The molecule has 1 aromatic rings. The van der Waals surface area contributed by atoms with Crippen molar-refractivity contribution in [1.29, 1.82) is 0 Å². The maximum atomic E-state index is 12.2. The van der Waals surface area contributed by atoms with E-state index in [4.69, 9.17) is 5.11 Å². The van der Waals surface area contributed by atoms with Gasteiger partial charge in [-0.2, -0.15) is 18.3 Å². The van der Waals surface area contributed by atoms with Gasteiger partial charge < -0.3 is 9.84 Å². The molecule has 0 spiro atoms. The standard InChI is InChI=1S/C10H10F3N3O4/c1-2-3-20-9(19)14-6-4-16(5-10(11,12)13)15-7(6)8(17)18/h2,4H,1,3,5H2,(H,14,19)(H,17,18). The fraction of sp³-hybridized carbons (Fsp3) is 0.300. The van der Waals surface area contributed by atoms with Crippen molar-refractivity contribution in [3.63, 3.8) is 0 Å². The molecule has 1 aromatic heterocycles. The van der Waals surface area contributed by atoms with Crippen molar-refractivity contribution in [2.45, 2.75) is 12.7 Å². The van der Waals surface area contributed by atoms with Crippen LogP contribution in [0, 0.1) is 0 Å². The number of carboxylic acid groups (broad SMARTS) is 1. The summed E-state index contributed by atoms with van der Waals surface area (Å²) < 4.78 is 41.4. The topological polar surface area (TPSA) is 93.5 Å². The number of rotatable bonds is 5. The number of carboxylic acids is 1. The van der Waals surface area contributed by atoms with Gasteiger partial charge >= 0.3 is 18.2 Å². The van der Waals surface area contributed by atoms with Crippen molar-refractivity contribution in [1.82, 2.24) is 9.78 Å². The number of alkyl halides is 3. The largest absolute Gasteiger partial charge is 0.476 e. The molecule has 20 heavy (non-hydrogen) atoms. The fourth-order valence-electron chi connectivity index (χ4n) is 1.22. The lowest BCUT2D eigenvalue weighted by molar-refractivity contribution is -0.142. The fourth-order valence-corrected chi connectivity index (χ4v) is 1.22. The number of hydrogen-bond acceptors (Lipinski definition) is 4. The molecular formula is C10H10F3N3O4. The van der Waals surface area contributed by atoms with E-state index in [0.717, 1.165) is 6.20 Å². The van der Waals surface area contributed by atoms with Crippen molar-refractivity contribution in [3.05, 3.63) is 24.5 Å². The molecule has 0 fully saturated rings. The number of aromatic nitrogens is 2. The van der Waals surface area contributed by atoms with Crippen molar-refractivity contribution >= 4 is 17.7 Å². The molecule has 0 bridgehead atoms. The molecule has 0 radical (unpaired) electrons. The van der Waals surface area contributed by atoms with E-state index < -0.39 is 36.2 Å². The summed E-state index contributed by atoms with van der Waals surface area (Å²) in [6.45, 7) is 1.68. The van der Waals surface area contributed by atoms with Crippen molar-refractivity contribution in [2.75, 3.05) is 11.9 Å². The molecule has 2 N–H and O–H groups in total. The maximum Gasteiger partial charge on any atom is 0.412 e. The van der Waals surface area contributed by atoms with Crippen LogP contribution in [0.3, 0.4) is 0 Å². The summed E-state index contributed by atoms with van der Waals surface area (Å²) in [6.07, 6.45) is -3.57. The normalized spacial score (nSPS) is 10.9. The maximum absolute atomic E-state index is 12.2. The molecule has 1 heterocycles. The van der Waals surface area contributed by atoms with Gasteiger partial charge in [0.05, 0.1) is 5.69 Å². The Hall–Kier alpha value is -2.52. The van der Waals surface area contributed by atoms with Crippen LogP contribution >= 0.6 is 0 Å². The summed E-state index contributed by atoms with van der Waals surface area (Å²) in [5.41, 5.74) is -1.11. The highest BCUT2D eigenvalue weighted by atomic mass is 19.4. The van der Waals surface area contributed by atoms with E-state index in [1.807, 2.05) is 5.32 Å². The molecule has 1 rings (SSSR count). The minimum absolute atomic E-state index is 0.134. The molecule has 0 aliphatic heterocycles. The van der Waals surface area contributed by atoms with E-state index in [-0.39, 0.29) is 6.61 Å². The quantitative estimate of drug-likeness (QED) is 0.808. The van der Waals surface area contributed by atoms with E-state index in [1.165, 1.54) is 6.08 Å². The number of halogens is 3. The van der Waals surface area contributed by atoms with E-state index in [2.05, 4.69) is 16.4 Å². The lowest BCUT2D eigenvalue weighted by Gasteiger charge is -2.05. The third kappa shape index (κ3) is 4.63. The summed E-state index contributed by atoms with van der Waals surface area (Å²) in [6, 6.07) is 0. The van der Waals surface area contributed by atoms with Gasteiger partial charge in [-0.3, -0.25) is 10.00 Å². The Balaban J connectivity index is 2.90. The summed E-state index contributed by atoms with van der Waals surface area (Å²) >= 11 is 0. The highest BCUT2D eigenvalue weighted by molar-refractivity contribution is 5.96. The lowest BCUT2D eigenvalue weighted by Crippen LogP contribution is -2.18. The monoisotopic (exact) mass is 293 g/mol. The van der Waals surface area contributed by atoms with Gasteiger partial charge in [-0.15, -0.1) is 0 Å². The molecule has 1 amide bonds. The number of nitrogens with zero attached hydrogens (tertiary/aromatic N) is 2. The van der Waals surface area contributed by atoms with Crippen molar-refractivity contribution in [3.8, 4) is 0 Å². The first-order valence-corrected chi connectivity index (χ1v) is 5.15. The van der Waals surface area contributed by atoms with E-state index in [1.54, 1.807) is 0 Å². The van der Waals surface area contributed by atoms with Crippen LogP contribution in [0.5, 0.6) is 0 Å². The number of aromatic carboxylic acids is 1. The predicted octanol–water partition coefficient (Wildman–Crippen LogP) is 1.88. The Kier molecular flexibility index (Phi) is 4.73. The van der Waals surface area contributed by atoms with Gasteiger partial charge in [-0.05, 0) is 0 Å². The number of carbonyl (C=O) groups excluding carboxylic acids is 1. The second kappa shape index (κ2) is 6.08. The highest BCUT2D eigenvalue weighted by Crippen LogP contribution is 2.20. The highest BCUT2D eigenvalue weighted by Gasteiger charge is 2.30. The van der Waals surface area contributed by atoms with Gasteiger partial charge in [0, 0.05) is 6.20 Å². The van der Waals surface area contributed by atoms with Gasteiger partial charge in [-0.1, -0.05) is 12.7 Å². The third-order valence-electron chi connectivity index (χ3n) is 1.87. The molecule has 7 nitrogen and oxygen atoms in total. The molecule has 10 heteroatoms. The average Bonchev–Trinajstić information content (AvgIpc) is 2.66. The third-order valence-corrected chi connectivity index (χ3v) is 1.87. The molecule has 0 saturated carbocycles. The first kappa shape index (κ1) is 15.5. The minimum Gasteiger partial charge on any atom is -0.476 e. The van der Waals surface area contributed by atoms with E-state index in [9.17, 15) is 22.8 Å². The van der Waals surface area contributed by atoms with Gasteiger partial charge in [0.2, 0.25) is 0 Å². The Labute approximate surface area is 110 Å². The Morgan fingerprint density at radius 1 is 1.55 bits per heavy atom. The zero-order valence-electron chi connectivity index (χ0n) is 9.98. The molecule has 0 aliphatic rings. The molecule has 0 saturated heterocycles. The van der Waals surface area contributed by atoms with Gasteiger partial charge in [0.1, 0.15) is 13.2 Å². The van der Waals surface area contributed by atoms with Crippen LogP contribution in [0.1, 0.15) is 10.5 Å². The zero-order chi connectivity index (χ0) is 15.3. The van der Waals surface area contributed by atoms with Crippen LogP contribution in [-0.4, -0.2) is 39.7 Å². The number of ether oxygens (including phenoxy) is 1. The van der Waals surface area contributed by atoms with Gasteiger partial charge in [-0.25, -0.2) is 9.59 Å². The smallest absolute Gasteiger partial charge is 0.412 e. The van der Waals surface area contributed by atoms with E-state index >= 15 is 0 Å². The van der Waals surface area contributed by atoms with Crippen LogP contribution in [-0.2, 0) is 11.3 Å². The van der Waals surface area contributed by atoms with Gasteiger partial charge in [0.15, 0.2) is 5.69 Å². The Morgan fingerprint density at radius 2 is 2.20 bits per heavy atom. The van der Waals surface area contributed by atoms with Crippen LogP contribution in [0.2, 0.25) is 0 Å². The van der Waals surface area contributed by atoms with Crippen LogP contribution in [0.4, 0.5) is 23.7 Å². The molecular weight excluding hydrogens is 283 g/mol. The minimum atomic E-state index is -4.57. The summed E-state index contributed by atoms with van der Waals surface area (Å²) in [7, 11) is 0. The number of hydrogen-bond donors (Lipinski definition) is 2.